The minimum absolute atomic E-state index is 0. The van der Waals surface area contributed by atoms with E-state index in [1.807, 2.05) is 19.2 Å². The van der Waals surface area contributed by atoms with Gasteiger partial charge in [-0.2, -0.15) is 13.5 Å². The number of aromatic nitrogens is 6. The number of anilines is 1. The smallest absolute Gasteiger partial charge is 0.266 e. The lowest BCUT2D eigenvalue weighted by Gasteiger charge is -2.18. The van der Waals surface area contributed by atoms with E-state index in [9.17, 15) is 9.18 Å². The zero-order valence-corrected chi connectivity index (χ0v) is 18.4. The minimum Gasteiger partial charge on any atom is -0.360 e. The molecular formula is C20H18FN7OS2. The van der Waals surface area contributed by atoms with Crippen molar-refractivity contribution in [2.75, 3.05) is 5.32 Å². The number of thiazole rings is 1. The summed E-state index contributed by atoms with van der Waals surface area (Å²) < 4.78 is 15.5. The summed E-state index contributed by atoms with van der Waals surface area (Å²) >= 11 is 1.39. The summed E-state index contributed by atoms with van der Waals surface area (Å²) in [6.07, 6.45) is 2.96. The quantitative estimate of drug-likeness (QED) is 0.427. The Balaban J connectivity index is 0.00000231. The van der Waals surface area contributed by atoms with Gasteiger partial charge in [0.05, 0.1) is 23.6 Å². The number of H-pyrrole nitrogens is 1. The largest absolute Gasteiger partial charge is 0.360 e. The highest BCUT2D eigenvalue weighted by molar-refractivity contribution is 7.59. The Hall–Kier alpha value is -3.31. The second-order valence-corrected chi connectivity index (χ2v) is 7.71. The lowest BCUT2D eigenvalue weighted by molar-refractivity contribution is 0.628. The zero-order valence-electron chi connectivity index (χ0n) is 16.5. The van der Waals surface area contributed by atoms with Crippen LogP contribution in [0.5, 0.6) is 0 Å². The highest BCUT2D eigenvalue weighted by Gasteiger charge is 2.22. The van der Waals surface area contributed by atoms with Crippen molar-refractivity contribution in [3.8, 4) is 11.1 Å². The second kappa shape index (κ2) is 8.08. The van der Waals surface area contributed by atoms with Gasteiger partial charge in [0, 0.05) is 11.1 Å². The molecule has 1 aromatic carbocycles. The van der Waals surface area contributed by atoms with E-state index in [-0.39, 0.29) is 19.1 Å². The van der Waals surface area contributed by atoms with E-state index in [4.69, 9.17) is 4.98 Å². The van der Waals surface area contributed by atoms with Crippen LogP contribution >= 0.6 is 24.8 Å². The standard InChI is InChI=1S/C20H16FN7OS.H2S/c1-10-7-30-20-27-15(11(2)26-18-16-17(23-8-22-16)24-9-25-18)14(19(29)28(10)20)12-4-3-5-13(21)6-12;/h3-9,11H,1-2H3,(H2,22,23,24,25,26);1H2/t11-;/m0./s1. The molecule has 158 valence electrons. The van der Waals surface area contributed by atoms with Crippen molar-refractivity contribution in [2.24, 2.45) is 0 Å². The van der Waals surface area contributed by atoms with Crippen LogP contribution in [0.25, 0.3) is 27.3 Å². The van der Waals surface area contributed by atoms with Crippen molar-refractivity contribution < 1.29 is 4.39 Å². The Bertz CT molecular complexity index is 1460. The maximum absolute atomic E-state index is 14.0. The fourth-order valence-corrected chi connectivity index (χ4v) is 4.34. The van der Waals surface area contributed by atoms with Crippen molar-refractivity contribution >= 4 is 46.8 Å². The summed E-state index contributed by atoms with van der Waals surface area (Å²) in [4.78, 5) is 34.3. The molecule has 0 radical (unpaired) electrons. The molecule has 4 heterocycles. The molecule has 0 aliphatic carbocycles. The maximum atomic E-state index is 14.0. The number of aryl methyl sites for hydroxylation is 1. The molecule has 4 aromatic heterocycles. The fourth-order valence-electron chi connectivity index (χ4n) is 3.47. The molecule has 31 heavy (non-hydrogen) atoms. The molecule has 0 amide bonds. The van der Waals surface area contributed by atoms with Gasteiger partial charge in [-0.05, 0) is 31.5 Å². The minimum atomic E-state index is -0.416. The predicted octanol–water partition coefficient (Wildman–Crippen LogP) is 3.82. The number of nitrogens with one attached hydrogen (secondary N) is 2. The predicted molar refractivity (Wildman–Crippen MR) is 124 cm³/mol. The van der Waals surface area contributed by atoms with Crippen LogP contribution in [-0.2, 0) is 0 Å². The number of fused-ring (bicyclic) bond motifs is 2. The lowest BCUT2D eigenvalue weighted by atomic mass is 10.0. The van der Waals surface area contributed by atoms with Crippen LogP contribution in [-0.4, -0.2) is 29.3 Å². The SMILES string of the molecule is Cc1csc2nc([C@H](C)Nc3ncnc4nc[nH]c34)c(-c3cccc(F)c3)c(=O)n12.S. The van der Waals surface area contributed by atoms with E-state index in [2.05, 4.69) is 25.3 Å². The van der Waals surface area contributed by atoms with Crippen LogP contribution in [0.3, 0.4) is 0 Å². The summed E-state index contributed by atoms with van der Waals surface area (Å²) in [7, 11) is 0. The van der Waals surface area contributed by atoms with E-state index < -0.39 is 11.9 Å². The number of rotatable bonds is 4. The van der Waals surface area contributed by atoms with Crippen LogP contribution in [0.1, 0.15) is 24.4 Å². The van der Waals surface area contributed by atoms with Gasteiger partial charge in [0.15, 0.2) is 16.4 Å². The van der Waals surface area contributed by atoms with E-state index in [1.54, 1.807) is 22.9 Å². The van der Waals surface area contributed by atoms with Crippen LogP contribution in [0.4, 0.5) is 10.2 Å². The summed E-state index contributed by atoms with van der Waals surface area (Å²) in [6.45, 7) is 3.73. The first-order valence-corrected chi connectivity index (χ1v) is 10.1. The van der Waals surface area contributed by atoms with E-state index >= 15 is 0 Å². The summed E-state index contributed by atoms with van der Waals surface area (Å²) in [6, 6.07) is 5.59. The van der Waals surface area contributed by atoms with Crippen molar-refractivity contribution in [3.63, 3.8) is 0 Å². The van der Waals surface area contributed by atoms with E-state index in [0.29, 0.717) is 38.8 Å². The molecule has 2 N–H and O–H groups in total. The zero-order chi connectivity index (χ0) is 20.8. The molecule has 0 aliphatic rings. The Morgan fingerprint density at radius 3 is 2.90 bits per heavy atom. The summed E-state index contributed by atoms with van der Waals surface area (Å²) in [5.41, 5.74) is 3.08. The average Bonchev–Trinajstić information content (AvgIpc) is 3.35. The summed E-state index contributed by atoms with van der Waals surface area (Å²) in [5, 5.41) is 5.16. The van der Waals surface area contributed by atoms with Crippen LogP contribution in [0.2, 0.25) is 0 Å². The van der Waals surface area contributed by atoms with Gasteiger partial charge in [0.25, 0.3) is 5.56 Å². The Morgan fingerprint density at radius 2 is 2.10 bits per heavy atom. The molecule has 0 aliphatic heterocycles. The number of hydrogen-bond donors (Lipinski definition) is 2. The van der Waals surface area contributed by atoms with Crippen LogP contribution in [0, 0.1) is 12.7 Å². The molecular weight excluding hydrogens is 437 g/mol. The third-order valence-electron chi connectivity index (χ3n) is 4.87. The summed E-state index contributed by atoms with van der Waals surface area (Å²) in [5.74, 6) is 0.125. The molecule has 8 nitrogen and oxygen atoms in total. The first-order chi connectivity index (χ1) is 14.5. The molecule has 0 fully saturated rings. The second-order valence-electron chi connectivity index (χ2n) is 6.87. The van der Waals surface area contributed by atoms with Gasteiger partial charge in [-0.1, -0.05) is 12.1 Å². The highest BCUT2D eigenvalue weighted by atomic mass is 32.1. The van der Waals surface area contributed by atoms with Crippen LogP contribution < -0.4 is 10.9 Å². The van der Waals surface area contributed by atoms with Gasteiger partial charge in [0.2, 0.25) is 0 Å². The number of hydrogen-bond acceptors (Lipinski definition) is 7. The number of benzene rings is 1. The number of aromatic amines is 1. The number of imidazole rings is 1. The molecule has 0 saturated carbocycles. The van der Waals surface area contributed by atoms with Gasteiger partial charge in [0.1, 0.15) is 17.7 Å². The van der Waals surface area contributed by atoms with Gasteiger partial charge in [-0.3, -0.25) is 9.20 Å². The Kier molecular flexibility index (Phi) is 5.46. The Labute approximate surface area is 186 Å². The molecule has 0 unspecified atom stereocenters. The van der Waals surface area contributed by atoms with Crippen LogP contribution in [0.15, 0.2) is 47.1 Å². The number of halogens is 1. The van der Waals surface area contributed by atoms with Crippen molar-refractivity contribution in [1.29, 1.82) is 0 Å². The van der Waals surface area contributed by atoms with Crippen molar-refractivity contribution in [1.82, 2.24) is 29.3 Å². The fraction of sp³-hybridized carbons (Fsp3) is 0.150. The Morgan fingerprint density at radius 1 is 1.26 bits per heavy atom. The monoisotopic (exact) mass is 455 g/mol. The molecule has 11 heteroatoms. The topological polar surface area (TPSA) is 101 Å². The third-order valence-corrected chi connectivity index (χ3v) is 5.81. The molecule has 5 rings (SSSR count). The molecule has 0 spiro atoms. The van der Waals surface area contributed by atoms with Crippen molar-refractivity contribution in [3.05, 3.63) is 69.9 Å². The van der Waals surface area contributed by atoms with E-state index in [1.165, 1.54) is 29.8 Å². The number of nitrogens with zero attached hydrogens (tertiary/aromatic N) is 5. The van der Waals surface area contributed by atoms with Crippen molar-refractivity contribution in [2.45, 2.75) is 19.9 Å². The van der Waals surface area contributed by atoms with Gasteiger partial charge < -0.3 is 10.3 Å². The van der Waals surface area contributed by atoms with Gasteiger partial charge in [-0.25, -0.2) is 24.3 Å². The van der Waals surface area contributed by atoms with Gasteiger partial charge in [-0.15, -0.1) is 11.3 Å². The molecule has 1 atom stereocenters. The highest BCUT2D eigenvalue weighted by Crippen LogP contribution is 2.29. The third kappa shape index (κ3) is 3.55. The lowest BCUT2D eigenvalue weighted by Crippen LogP contribution is -2.23. The molecule has 5 aromatic rings. The first-order valence-electron chi connectivity index (χ1n) is 9.20. The molecule has 0 saturated heterocycles. The first kappa shape index (κ1) is 20.9. The normalized spacial score (nSPS) is 12.1. The maximum Gasteiger partial charge on any atom is 0.266 e. The van der Waals surface area contributed by atoms with Gasteiger partial charge >= 0.3 is 0 Å². The van der Waals surface area contributed by atoms with E-state index in [0.717, 1.165) is 5.69 Å². The molecule has 0 bridgehead atoms. The average molecular weight is 456 g/mol.